The molecule has 0 saturated carbocycles. The van der Waals surface area contributed by atoms with Crippen LogP contribution in [0.25, 0.3) is 11.0 Å². The SMILES string of the molecule is CCOc1ccc(C2NC(=O)c3oc4cc(C)c(Cl)cc4c(=O)c32)cc1OC. The van der Waals surface area contributed by atoms with Crippen LogP contribution >= 0.6 is 11.6 Å². The van der Waals surface area contributed by atoms with Gasteiger partial charge >= 0.3 is 0 Å². The maximum atomic E-state index is 13.2. The van der Waals surface area contributed by atoms with E-state index < -0.39 is 11.9 Å². The number of amides is 1. The number of hydrogen-bond donors (Lipinski definition) is 1. The lowest BCUT2D eigenvalue weighted by Gasteiger charge is -2.15. The van der Waals surface area contributed by atoms with Gasteiger partial charge in [0.1, 0.15) is 5.58 Å². The van der Waals surface area contributed by atoms with E-state index in [0.717, 1.165) is 5.56 Å². The van der Waals surface area contributed by atoms with Crippen LogP contribution in [0.2, 0.25) is 5.02 Å². The number of methoxy groups -OCH3 is 1. The Balaban J connectivity index is 1.90. The first-order chi connectivity index (χ1) is 13.4. The van der Waals surface area contributed by atoms with Crippen LogP contribution in [-0.2, 0) is 0 Å². The lowest BCUT2D eigenvalue weighted by atomic mass is 9.98. The smallest absolute Gasteiger partial charge is 0.288 e. The number of ether oxygens (including phenoxy) is 2. The highest BCUT2D eigenvalue weighted by Gasteiger charge is 2.36. The fraction of sp³-hybridized carbons (Fsp3) is 0.238. The average Bonchev–Trinajstić information content (AvgIpc) is 3.01. The zero-order chi connectivity index (χ0) is 20.0. The molecule has 1 amide bonds. The third kappa shape index (κ3) is 2.81. The van der Waals surface area contributed by atoms with Gasteiger partial charge in [-0.15, -0.1) is 0 Å². The van der Waals surface area contributed by atoms with Gasteiger partial charge in [-0.2, -0.15) is 0 Å². The van der Waals surface area contributed by atoms with Crippen molar-refractivity contribution >= 4 is 28.5 Å². The van der Waals surface area contributed by atoms with Crippen LogP contribution in [0.15, 0.2) is 39.5 Å². The van der Waals surface area contributed by atoms with Crippen molar-refractivity contribution in [1.29, 1.82) is 0 Å². The van der Waals surface area contributed by atoms with Gasteiger partial charge in [0.15, 0.2) is 16.9 Å². The molecule has 6 nitrogen and oxygen atoms in total. The van der Waals surface area contributed by atoms with E-state index in [4.69, 9.17) is 25.5 Å². The number of carbonyl (C=O) groups excluding carboxylic acids is 1. The molecule has 0 bridgehead atoms. The van der Waals surface area contributed by atoms with Crippen molar-refractivity contribution in [2.24, 2.45) is 0 Å². The van der Waals surface area contributed by atoms with Gasteiger partial charge in [-0.1, -0.05) is 17.7 Å². The molecule has 1 aliphatic heterocycles. The second-order valence-electron chi connectivity index (χ2n) is 6.52. The minimum Gasteiger partial charge on any atom is -0.493 e. The number of aryl methyl sites for hydroxylation is 1. The van der Waals surface area contributed by atoms with Gasteiger partial charge in [-0.3, -0.25) is 9.59 Å². The Bertz CT molecular complexity index is 1170. The highest BCUT2D eigenvalue weighted by molar-refractivity contribution is 6.32. The van der Waals surface area contributed by atoms with Crippen LogP contribution in [-0.4, -0.2) is 19.6 Å². The summed E-state index contributed by atoms with van der Waals surface area (Å²) in [6.45, 7) is 4.18. The first kappa shape index (κ1) is 18.4. The number of hydrogen-bond acceptors (Lipinski definition) is 5. The van der Waals surface area contributed by atoms with Gasteiger partial charge in [0.2, 0.25) is 5.76 Å². The molecule has 0 fully saturated rings. The standard InChI is InChI=1S/C21H18ClNO5/c1-4-27-14-6-5-11(8-16(14)26-3)18-17-19(24)12-9-13(22)10(2)7-15(12)28-20(17)21(25)23-18/h5-9,18H,4H2,1-3H3,(H,23,25). The molecule has 3 aromatic rings. The zero-order valence-corrected chi connectivity index (χ0v) is 16.3. The Hall–Kier alpha value is -2.99. The molecule has 7 heteroatoms. The number of nitrogens with one attached hydrogen (secondary N) is 1. The minimum atomic E-state index is -0.646. The van der Waals surface area contributed by atoms with Crippen molar-refractivity contribution in [3.8, 4) is 11.5 Å². The van der Waals surface area contributed by atoms with Crippen molar-refractivity contribution < 1.29 is 18.7 Å². The predicted octanol–water partition coefficient (Wildman–Crippen LogP) is 3.99. The Kier molecular flexibility index (Phi) is 4.51. The second-order valence-corrected chi connectivity index (χ2v) is 6.93. The number of halogens is 1. The Labute approximate surface area is 166 Å². The summed E-state index contributed by atoms with van der Waals surface area (Å²) in [5, 5.41) is 3.63. The lowest BCUT2D eigenvalue weighted by molar-refractivity contribution is 0.0938. The van der Waals surface area contributed by atoms with Crippen LogP contribution in [0.1, 0.15) is 40.2 Å². The molecule has 2 heterocycles. The van der Waals surface area contributed by atoms with E-state index in [1.54, 1.807) is 30.3 Å². The van der Waals surface area contributed by atoms with E-state index >= 15 is 0 Å². The summed E-state index contributed by atoms with van der Waals surface area (Å²) in [7, 11) is 1.54. The Morgan fingerprint density at radius 3 is 2.68 bits per heavy atom. The summed E-state index contributed by atoms with van der Waals surface area (Å²) in [4.78, 5) is 25.7. The van der Waals surface area contributed by atoms with Gasteiger partial charge in [-0.25, -0.2) is 0 Å². The summed E-state index contributed by atoms with van der Waals surface area (Å²) in [6, 6.07) is 7.89. The molecule has 4 rings (SSSR count). The highest BCUT2D eigenvalue weighted by atomic mass is 35.5. The van der Waals surface area contributed by atoms with Gasteiger partial charge < -0.3 is 19.2 Å². The quantitative estimate of drug-likeness (QED) is 0.717. The number of rotatable bonds is 4. The van der Waals surface area contributed by atoms with Crippen LogP contribution in [0.3, 0.4) is 0 Å². The molecule has 2 aromatic carbocycles. The Morgan fingerprint density at radius 2 is 1.96 bits per heavy atom. The summed E-state index contributed by atoms with van der Waals surface area (Å²) in [6.07, 6.45) is 0. The van der Waals surface area contributed by atoms with E-state index in [1.807, 2.05) is 13.8 Å². The van der Waals surface area contributed by atoms with Crippen LogP contribution in [0.5, 0.6) is 11.5 Å². The molecule has 144 valence electrons. The average molecular weight is 400 g/mol. The molecule has 0 radical (unpaired) electrons. The molecule has 28 heavy (non-hydrogen) atoms. The lowest BCUT2D eigenvalue weighted by Crippen LogP contribution is -2.22. The third-order valence-electron chi connectivity index (χ3n) is 4.80. The van der Waals surface area contributed by atoms with E-state index in [-0.39, 0.29) is 16.8 Å². The molecule has 1 aliphatic rings. The van der Waals surface area contributed by atoms with E-state index in [9.17, 15) is 9.59 Å². The molecular weight excluding hydrogens is 382 g/mol. The highest BCUT2D eigenvalue weighted by Crippen LogP contribution is 2.36. The number of fused-ring (bicyclic) bond motifs is 2. The largest absolute Gasteiger partial charge is 0.493 e. The molecule has 1 unspecified atom stereocenters. The fourth-order valence-corrected chi connectivity index (χ4v) is 3.58. The van der Waals surface area contributed by atoms with Gasteiger partial charge in [0, 0.05) is 5.02 Å². The van der Waals surface area contributed by atoms with Crippen LogP contribution < -0.4 is 20.2 Å². The normalized spacial score (nSPS) is 15.4. The maximum absolute atomic E-state index is 13.2. The van der Waals surface area contributed by atoms with E-state index in [2.05, 4.69) is 5.32 Å². The first-order valence-corrected chi connectivity index (χ1v) is 9.20. The number of carbonyl (C=O) groups is 1. The summed E-state index contributed by atoms with van der Waals surface area (Å²) < 4.78 is 16.7. The summed E-state index contributed by atoms with van der Waals surface area (Å²) >= 11 is 6.19. The first-order valence-electron chi connectivity index (χ1n) is 8.83. The molecule has 1 N–H and O–H groups in total. The van der Waals surface area contributed by atoms with Gasteiger partial charge in [0.05, 0.1) is 30.7 Å². The topological polar surface area (TPSA) is 77.8 Å². The van der Waals surface area contributed by atoms with Crippen molar-refractivity contribution in [1.82, 2.24) is 5.32 Å². The van der Waals surface area contributed by atoms with Crippen LogP contribution in [0.4, 0.5) is 0 Å². The fourth-order valence-electron chi connectivity index (χ4n) is 3.42. The molecule has 0 saturated heterocycles. The molecule has 0 spiro atoms. The van der Waals surface area contributed by atoms with Gasteiger partial charge in [-0.05, 0) is 49.2 Å². The maximum Gasteiger partial charge on any atom is 0.288 e. The third-order valence-corrected chi connectivity index (χ3v) is 5.21. The molecular formula is C21H18ClNO5. The van der Waals surface area contributed by atoms with Gasteiger partial charge in [0.25, 0.3) is 5.91 Å². The number of benzene rings is 2. The van der Waals surface area contributed by atoms with Crippen LogP contribution in [0, 0.1) is 6.92 Å². The van der Waals surface area contributed by atoms with Crippen molar-refractivity contribution in [2.75, 3.05) is 13.7 Å². The Morgan fingerprint density at radius 1 is 1.18 bits per heavy atom. The van der Waals surface area contributed by atoms with Crippen molar-refractivity contribution in [3.63, 3.8) is 0 Å². The van der Waals surface area contributed by atoms with E-state index in [0.29, 0.717) is 39.7 Å². The second kappa shape index (κ2) is 6.87. The minimum absolute atomic E-state index is 0.0251. The van der Waals surface area contributed by atoms with E-state index in [1.165, 1.54) is 7.11 Å². The monoisotopic (exact) mass is 399 g/mol. The van der Waals surface area contributed by atoms with Crippen molar-refractivity contribution in [2.45, 2.75) is 19.9 Å². The zero-order valence-electron chi connectivity index (χ0n) is 15.6. The summed E-state index contributed by atoms with van der Waals surface area (Å²) in [5.74, 6) is 0.702. The predicted molar refractivity (Wildman–Crippen MR) is 106 cm³/mol. The molecule has 1 aromatic heterocycles. The summed E-state index contributed by atoms with van der Waals surface area (Å²) in [5.41, 5.74) is 1.78. The molecule has 0 aliphatic carbocycles. The molecule has 1 atom stereocenters. The van der Waals surface area contributed by atoms with Crippen molar-refractivity contribution in [3.05, 3.63) is 68.0 Å².